The van der Waals surface area contributed by atoms with Gasteiger partial charge in [-0.25, -0.2) is 4.79 Å². The molecular formula is C22H25N3O4. The lowest BCUT2D eigenvalue weighted by atomic mass is 9.81. The molecule has 1 saturated heterocycles. The van der Waals surface area contributed by atoms with Crippen LogP contribution in [0.2, 0.25) is 0 Å². The predicted octanol–water partition coefficient (Wildman–Crippen LogP) is 3.27. The molecule has 29 heavy (non-hydrogen) atoms. The van der Waals surface area contributed by atoms with E-state index < -0.39 is 11.6 Å². The van der Waals surface area contributed by atoms with Crippen LogP contribution in [0, 0.1) is 13.8 Å². The summed E-state index contributed by atoms with van der Waals surface area (Å²) in [6.07, 6.45) is 1.86. The van der Waals surface area contributed by atoms with Gasteiger partial charge in [-0.1, -0.05) is 6.07 Å². The Morgan fingerprint density at radius 2 is 1.93 bits per heavy atom. The Morgan fingerprint density at radius 3 is 2.59 bits per heavy atom. The fourth-order valence-electron chi connectivity index (χ4n) is 4.01. The number of benzene rings is 1. The molecular weight excluding hydrogens is 370 g/mol. The van der Waals surface area contributed by atoms with Crippen LogP contribution in [0.5, 0.6) is 5.75 Å². The van der Waals surface area contributed by atoms with Gasteiger partial charge in [0.2, 0.25) is 0 Å². The number of anilines is 1. The van der Waals surface area contributed by atoms with Crippen molar-refractivity contribution in [3.8, 4) is 5.75 Å². The Labute approximate surface area is 170 Å². The Bertz CT molecular complexity index is 947. The lowest BCUT2D eigenvalue weighted by Gasteiger charge is -2.44. The number of aromatic nitrogens is 2. The molecule has 0 atom stereocenters. The fraction of sp³-hybridized carbons (Fsp3) is 0.455. The van der Waals surface area contributed by atoms with E-state index in [1.165, 1.54) is 0 Å². The molecule has 7 heteroatoms. The molecule has 0 aliphatic carbocycles. The number of fused-ring (bicyclic) bond motifs is 1. The highest BCUT2D eigenvalue weighted by Crippen LogP contribution is 2.42. The summed E-state index contributed by atoms with van der Waals surface area (Å²) in [6.45, 7) is 7.52. The first-order valence-electron chi connectivity index (χ1n) is 10.0. The maximum Gasteiger partial charge on any atom is 0.358 e. The lowest BCUT2D eigenvalue weighted by molar-refractivity contribution is 0.0224. The standard InChI is InChI=1S/C22H25N3O4/c1-4-28-21(27)17-7-8-19(24-23-17)25-11-9-22(10-12-25)13-18(26)16-6-5-14(2)15(3)20(16)29-22/h5-8H,4,9-13H2,1-3H3. The Morgan fingerprint density at radius 1 is 1.17 bits per heavy atom. The molecule has 4 rings (SSSR count). The van der Waals surface area contributed by atoms with Gasteiger partial charge in [-0.15, -0.1) is 10.2 Å². The van der Waals surface area contributed by atoms with Crippen molar-refractivity contribution in [3.05, 3.63) is 46.6 Å². The zero-order valence-electron chi connectivity index (χ0n) is 17.0. The number of aryl methyl sites for hydroxylation is 1. The molecule has 2 aliphatic rings. The first-order chi connectivity index (χ1) is 13.9. The normalized spacial score (nSPS) is 17.6. The highest BCUT2D eigenvalue weighted by atomic mass is 16.5. The van der Waals surface area contributed by atoms with E-state index in [0.29, 0.717) is 37.5 Å². The summed E-state index contributed by atoms with van der Waals surface area (Å²) < 4.78 is 11.4. The molecule has 0 unspecified atom stereocenters. The third kappa shape index (κ3) is 3.57. The molecule has 0 amide bonds. The number of Topliss-reactive ketones (excluding diaryl/α,β-unsaturated/α-hetero) is 1. The molecule has 2 aromatic rings. The topological polar surface area (TPSA) is 81.6 Å². The summed E-state index contributed by atoms with van der Waals surface area (Å²) in [7, 11) is 0. The fourth-order valence-corrected chi connectivity index (χ4v) is 4.01. The van der Waals surface area contributed by atoms with Crippen molar-refractivity contribution in [1.29, 1.82) is 0 Å². The molecule has 1 fully saturated rings. The Balaban J connectivity index is 1.47. The van der Waals surface area contributed by atoms with Crippen LogP contribution in [0.3, 0.4) is 0 Å². The average molecular weight is 395 g/mol. The number of hydrogen-bond acceptors (Lipinski definition) is 7. The van der Waals surface area contributed by atoms with Crippen LogP contribution in [-0.2, 0) is 4.74 Å². The largest absolute Gasteiger partial charge is 0.486 e. The second-order valence-corrected chi connectivity index (χ2v) is 7.75. The van der Waals surface area contributed by atoms with Crippen LogP contribution in [0.4, 0.5) is 5.82 Å². The van der Waals surface area contributed by atoms with Crippen molar-refractivity contribution in [1.82, 2.24) is 10.2 Å². The van der Waals surface area contributed by atoms with Crippen molar-refractivity contribution in [3.63, 3.8) is 0 Å². The van der Waals surface area contributed by atoms with Crippen LogP contribution >= 0.6 is 0 Å². The maximum atomic E-state index is 12.8. The molecule has 7 nitrogen and oxygen atoms in total. The van der Waals surface area contributed by atoms with Gasteiger partial charge in [-0.05, 0) is 50.1 Å². The second kappa shape index (κ2) is 7.46. The van der Waals surface area contributed by atoms with Crippen molar-refractivity contribution in [2.45, 2.75) is 45.6 Å². The van der Waals surface area contributed by atoms with Crippen LogP contribution in [0.25, 0.3) is 0 Å². The van der Waals surface area contributed by atoms with Gasteiger partial charge in [-0.2, -0.15) is 0 Å². The van der Waals surface area contributed by atoms with Crippen LogP contribution in [0.15, 0.2) is 24.3 Å². The van der Waals surface area contributed by atoms with Crippen LogP contribution in [-0.4, -0.2) is 47.2 Å². The number of ketones is 1. The summed E-state index contributed by atoms with van der Waals surface area (Å²) in [5.74, 6) is 1.14. The number of esters is 1. The van der Waals surface area contributed by atoms with Gasteiger partial charge in [0.1, 0.15) is 11.4 Å². The lowest BCUT2D eigenvalue weighted by Crippen LogP contribution is -2.51. The molecule has 0 bridgehead atoms. The summed E-state index contributed by atoms with van der Waals surface area (Å²) in [5.41, 5.74) is 2.60. The molecule has 1 spiro atoms. The number of carbonyl (C=O) groups is 2. The van der Waals surface area contributed by atoms with Crippen molar-refractivity contribution in [2.75, 3.05) is 24.6 Å². The minimum atomic E-state index is -0.470. The number of piperidine rings is 1. The second-order valence-electron chi connectivity index (χ2n) is 7.75. The third-order valence-electron chi connectivity index (χ3n) is 5.91. The van der Waals surface area contributed by atoms with Gasteiger partial charge in [0.15, 0.2) is 17.3 Å². The number of ether oxygens (including phenoxy) is 2. The number of carbonyl (C=O) groups excluding carboxylic acids is 2. The maximum absolute atomic E-state index is 12.8. The third-order valence-corrected chi connectivity index (χ3v) is 5.91. The minimum Gasteiger partial charge on any atom is -0.486 e. The zero-order chi connectivity index (χ0) is 20.6. The monoisotopic (exact) mass is 395 g/mol. The van der Waals surface area contributed by atoms with E-state index in [0.717, 1.165) is 29.7 Å². The highest BCUT2D eigenvalue weighted by Gasteiger charge is 2.43. The Hall–Kier alpha value is -2.96. The first-order valence-corrected chi connectivity index (χ1v) is 10.0. The van der Waals surface area contributed by atoms with Gasteiger partial charge in [0.05, 0.1) is 18.6 Å². The van der Waals surface area contributed by atoms with E-state index >= 15 is 0 Å². The first kappa shape index (κ1) is 19.4. The number of hydrogen-bond donors (Lipinski definition) is 0. The van der Waals surface area contributed by atoms with Gasteiger partial charge in [-0.3, -0.25) is 4.79 Å². The van der Waals surface area contributed by atoms with Gasteiger partial charge < -0.3 is 14.4 Å². The zero-order valence-corrected chi connectivity index (χ0v) is 17.0. The van der Waals surface area contributed by atoms with E-state index in [2.05, 4.69) is 15.1 Å². The van der Waals surface area contributed by atoms with Gasteiger partial charge in [0.25, 0.3) is 0 Å². The number of rotatable bonds is 3. The van der Waals surface area contributed by atoms with E-state index in [4.69, 9.17) is 9.47 Å². The quantitative estimate of drug-likeness (QED) is 0.738. The SMILES string of the molecule is CCOC(=O)c1ccc(N2CCC3(CC2)CC(=O)c2ccc(C)c(C)c2O3)nn1. The number of nitrogens with zero attached hydrogens (tertiary/aromatic N) is 3. The molecule has 2 aliphatic heterocycles. The predicted molar refractivity (Wildman–Crippen MR) is 108 cm³/mol. The minimum absolute atomic E-state index is 0.154. The molecule has 0 radical (unpaired) electrons. The van der Waals surface area contributed by atoms with E-state index in [9.17, 15) is 9.59 Å². The summed E-state index contributed by atoms with van der Waals surface area (Å²) >= 11 is 0. The average Bonchev–Trinajstić information content (AvgIpc) is 2.72. The summed E-state index contributed by atoms with van der Waals surface area (Å²) in [4.78, 5) is 26.6. The molecule has 0 N–H and O–H groups in total. The van der Waals surface area contributed by atoms with E-state index in [1.807, 2.05) is 26.0 Å². The van der Waals surface area contributed by atoms with Crippen molar-refractivity contribution < 1.29 is 19.1 Å². The highest BCUT2D eigenvalue weighted by molar-refractivity contribution is 6.01. The van der Waals surface area contributed by atoms with Crippen molar-refractivity contribution in [2.24, 2.45) is 0 Å². The van der Waals surface area contributed by atoms with Gasteiger partial charge >= 0.3 is 5.97 Å². The van der Waals surface area contributed by atoms with Crippen molar-refractivity contribution >= 4 is 17.6 Å². The van der Waals surface area contributed by atoms with E-state index in [-0.39, 0.29) is 11.5 Å². The van der Waals surface area contributed by atoms with Crippen LogP contribution in [0.1, 0.15) is 58.2 Å². The Kier molecular flexibility index (Phi) is 4.98. The van der Waals surface area contributed by atoms with Gasteiger partial charge in [0, 0.05) is 25.9 Å². The van der Waals surface area contributed by atoms with E-state index in [1.54, 1.807) is 19.1 Å². The molecule has 1 aromatic heterocycles. The molecule has 1 aromatic carbocycles. The summed E-state index contributed by atoms with van der Waals surface area (Å²) in [5, 5.41) is 8.17. The summed E-state index contributed by atoms with van der Waals surface area (Å²) in [6, 6.07) is 7.28. The van der Waals surface area contributed by atoms with Crippen LogP contribution < -0.4 is 9.64 Å². The molecule has 152 valence electrons. The molecule has 0 saturated carbocycles. The molecule has 3 heterocycles. The smallest absolute Gasteiger partial charge is 0.358 e.